The molecule has 20 heavy (non-hydrogen) atoms. The smallest absolute Gasteiger partial charge is 0.416 e. The highest BCUT2D eigenvalue weighted by atomic mass is 19.4. The zero-order valence-corrected chi connectivity index (χ0v) is 10.5. The van der Waals surface area contributed by atoms with Gasteiger partial charge in [-0.05, 0) is 25.1 Å². The lowest BCUT2D eigenvalue weighted by atomic mass is 10.1. The highest BCUT2D eigenvalue weighted by molar-refractivity contribution is 5.81. The third-order valence-corrected chi connectivity index (χ3v) is 2.82. The van der Waals surface area contributed by atoms with Crippen LogP contribution in [0.3, 0.4) is 0 Å². The summed E-state index contributed by atoms with van der Waals surface area (Å²) in [6.45, 7) is 1.58. The van der Waals surface area contributed by atoms with Crippen molar-refractivity contribution in [3.05, 3.63) is 35.3 Å². The summed E-state index contributed by atoms with van der Waals surface area (Å²) in [6, 6.07) is 3.23. The predicted molar refractivity (Wildman–Crippen MR) is 65.2 cm³/mol. The molecule has 0 saturated heterocycles. The van der Waals surface area contributed by atoms with Gasteiger partial charge < -0.3 is 5.11 Å². The van der Waals surface area contributed by atoms with Gasteiger partial charge in [-0.25, -0.2) is 9.97 Å². The number of carboxylic acids is 1. The fourth-order valence-electron chi connectivity index (χ4n) is 1.85. The molecule has 0 saturated carbocycles. The first-order valence-electron chi connectivity index (χ1n) is 5.83. The van der Waals surface area contributed by atoms with Crippen LogP contribution >= 0.6 is 0 Å². The van der Waals surface area contributed by atoms with E-state index in [-0.39, 0.29) is 12.8 Å². The first-order valence-corrected chi connectivity index (χ1v) is 5.83. The summed E-state index contributed by atoms with van der Waals surface area (Å²) in [5, 5.41) is 8.92. The lowest BCUT2D eigenvalue weighted by Gasteiger charge is -2.09. The normalized spacial score (nSPS) is 11.8. The second-order valence-electron chi connectivity index (χ2n) is 4.35. The van der Waals surface area contributed by atoms with E-state index in [0.29, 0.717) is 22.4 Å². The maximum atomic E-state index is 12.6. The van der Waals surface area contributed by atoms with Crippen molar-refractivity contribution < 1.29 is 23.1 Å². The van der Waals surface area contributed by atoms with Gasteiger partial charge in [0, 0.05) is 17.5 Å². The average molecular weight is 284 g/mol. The Morgan fingerprint density at radius 2 is 2.00 bits per heavy atom. The molecule has 0 fully saturated rings. The third-order valence-electron chi connectivity index (χ3n) is 2.82. The molecule has 4 nitrogen and oxygen atoms in total. The first kappa shape index (κ1) is 14.2. The van der Waals surface area contributed by atoms with E-state index in [9.17, 15) is 18.0 Å². The van der Waals surface area contributed by atoms with Crippen LogP contribution in [0.5, 0.6) is 0 Å². The maximum absolute atomic E-state index is 12.6. The lowest BCUT2D eigenvalue weighted by molar-refractivity contribution is -0.138. The fourth-order valence-corrected chi connectivity index (χ4v) is 1.85. The van der Waals surface area contributed by atoms with Gasteiger partial charge in [0.05, 0.1) is 17.5 Å². The van der Waals surface area contributed by atoms with Gasteiger partial charge in [0.25, 0.3) is 0 Å². The van der Waals surface area contributed by atoms with Crippen molar-refractivity contribution in [3.63, 3.8) is 0 Å². The van der Waals surface area contributed by atoms with E-state index in [1.54, 1.807) is 6.92 Å². The molecule has 1 heterocycles. The number of carboxylic acid groups (broad SMARTS) is 1. The molecule has 0 spiro atoms. The predicted octanol–water partition coefficient (Wildman–Crippen LogP) is 2.97. The number of hydrogen-bond donors (Lipinski definition) is 1. The highest BCUT2D eigenvalue weighted by Crippen LogP contribution is 2.31. The van der Waals surface area contributed by atoms with Crippen LogP contribution in [0.15, 0.2) is 18.2 Å². The van der Waals surface area contributed by atoms with Gasteiger partial charge in [0.2, 0.25) is 0 Å². The molecule has 0 aliphatic heterocycles. The molecule has 0 unspecified atom stereocenters. The van der Waals surface area contributed by atoms with Crippen molar-refractivity contribution >= 4 is 16.9 Å². The molecule has 2 aromatic rings. The molecule has 7 heteroatoms. The molecular formula is C13H11F3N2O2. The van der Waals surface area contributed by atoms with Crippen LogP contribution in [0.25, 0.3) is 10.9 Å². The van der Waals surface area contributed by atoms with Crippen molar-refractivity contribution in [2.24, 2.45) is 0 Å². The van der Waals surface area contributed by atoms with Gasteiger partial charge in [0.15, 0.2) is 0 Å². The first-order chi connectivity index (χ1) is 9.27. The number of carbonyl (C=O) groups is 1. The molecule has 0 radical (unpaired) electrons. The van der Waals surface area contributed by atoms with E-state index in [2.05, 4.69) is 9.97 Å². The molecule has 0 aliphatic rings. The van der Waals surface area contributed by atoms with Crippen LogP contribution in [0.2, 0.25) is 0 Å². The zero-order valence-electron chi connectivity index (χ0n) is 10.5. The number of aryl methyl sites for hydroxylation is 2. The molecule has 1 aromatic heterocycles. The molecule has 2 rings (SSSR count). The number of alkyl halides is 3. The Hall–Kier alpha value is -2.18. The zero-order chi connectivity index (χ0) is 14.9. The van der Waals surface area contributed by atoms with Crippen LogP contribution in [-0.4, -0.2) is 21.0 Å². The van der Waals surface area contributed by atoms with E-state index >= 15 is 0 Å². The van der Waals surface area contributed by atoms with Crippen LogP contribution in [0, 0.1) is 6.92 Å². The largest absolute Gasteiger partial charge is 0.481 e. The van der Waals surface area contributed by atoms with Crippen LogP contribution in [-0.2, 0) is 17.4 Å². The molecule has 0 atom stereocenters. The summed E-state index contributed by atoms with van der Waals surface area (Å²) in [5.41, 5.74) is 0.0300. The maximum Gasteiger partial charge on any atom is 0.416 e. The van der Waals surface area contributed by atoms with Crippen molar-refractivity contribution in [2.75, 3.05) is 0 Å². The van der Waals surface area contributed by atoms with Crippen LogP contribution < -0.4 is 0 Å². The molecule has 1 N–H and O–H groups in total. The monoisotopic (exact) mass is 284 g/mol. The fraction of sp³-hybridized carbons (Fsp3) is 0.308. The molecule has 0 amide bonds. The van der Waals surface area contributed by atoms with Gasteiger partial charge in [-0.3, -0.25) is 4.79 Å². The van der Waals surface area contributed by atoms with Gasteiger partial charge in [-0.1, -0.05) is 0 Å². The Kier molecular flexibility index (Phi) is 3.61. The number of aromatic nitrogens is 2. The quantitative estimate of drug-likeness (QED) is 0.941. The Morgan fingerprint density at radius 1 is 1.30 bits per heavy atom. The summed E-state index contributed by atoms with van der Waals surface area (Å²) in [7, 11) is 0. The number of rotatable bonds is 3. The summed E-state index contributed by atoms with van der Waals surface area (Å²) in [6.07, 6.45) is -4.39. The van der Waals surface area contributed by atoms with Gasteiger partial charge in [-0.2, -0.15) is 13.2 Å². The Morgan fingerprint density at radius 3 is 2.60 bits per heavy atom. The molecular weight excluding hydrogens is 273 g/mol. The minimum absolute atomic E-state index is 0.119. The molecule has 0 aliphatic carbocycles. The van der Waals surface area contributed by atoms with Crippen molar-refractivity contribution in [3.8, 4) is 0 Å². The van der Waals surface area contributed by atoms with Crippen LogP contribution in [0.4, 0.5) is 13.2 Å². The molecule has 106 valence electrons. The second-order valence-corrected chi connectivity index (χ2v) is 4.35. The van der Waals surface area contributed by atoms with Gasteiger partial charge >= 0.3 is 12.1 Å². The number of nitrogens with zero attached hydrogens (tertiary/aromatic N) is 2. The van der Waals surface area contributed by atoms with E-state index < -0.39 is 17.7 Å². The molecule has 0 bridgehead atoms. The average Bonchev–Trinajstić information content (AvgIpc) is 2.35. The van der Waals surface area contributed by atoms with Crippen molar-refractivity contribution in [1.82, 2.24) is 9.97 Å². The minimum Gasteiger partial charge on any atom is -0.481 e. The number of aliphatic carboxylic acids is 1. The van der Waals surface area contributed by atoms with Crippen LogP contribution in [0.1, 0.15) is 23.5 Å². The Balaban J connectivity index is 2.44. The molecule has 1 aromatic carbocycles. The van der Waals surface area contributed by atoms with Crippen molar-refractivity contribution in [1.29, 1.82) is 0 Å². The number of fused-ring (bicyclic) bond motifs is 1. The summed E-state index contributed by atoms with van der Waals surface area (Å²) < 4.78 is 37.9. The van der Waals surface area contributed by atoms with Gasteiger partial charge in [-0.15, -0.1) is 0 Å². The van der Waals surface area contributed by atoms with E-state index in [1.807, 2.05) is 0 Å². The highest BCUT2D eigenvalue weighted by Gasteiger charge is 2.30. The standard InChI is InChI=1S/C13H11F3N2O2/c1-7-9-6-8(13(14,15)16)2-3-10(9)18-11(17-7)4-5-12(19)20/h2-3,6H,4-5H2,1H3,(H,19,20). The number of hydrogen-bond acceptors (Lipinski definition) is 3. The second kappa shape index (κ2) is 5.07. The van der Waals surface area contributed by atoms with Gasteiger partial charge in [0.1, 0.15) is 5.82 Å². The van der Waals surface area contributed by atoms with E-state index in [0.717, 1.165) is 12.1 Å². The number of halogens is 3. The topological polar surface area (TPSA) is 63.1 Å². The minimum atomic E-state index is -4.41. The Bertz CT molecular complexity index is 668. The summed E-state index contributed by atoms with van der Waals surface area (Å²) in [4.78, 5) is 18.6. The van der Waals surface area contributed by atoms with E-state index in [4.69, 9.17) is 5.11 Å². The van der Waals surface area contributed by atoms with E-state index in [1.165, 1.54) is 6.07 Å². The lowest BCUT2D eigenvalue weighted by Crippen LogP contribution is -2.06. The third kappa shape index (κ3) is 3.04. The number of benzene rings is 1. The summed E-state index contributed by atoms with van der Waals surface area (Å²) >= 11 is 0. The Labute approximate surface area is 112 Å². The van der Waals surface area contributed by atoms with Crippen molar-refractivity contribution in [2.45, 2.75) is 25.9 Å². The summed E-state index contributed by atoms with van der Waals surface area (Å²) in [5.74, 6) is -0.657. The SMILES string of the molecule is Cc1nc(CCC(=O)O)nc2ccc(C(F)(F)F)cc12.